The predicted molar refractivity (Wildman–Crippen MR) is 59.7 cm³/mol. The van der Waals surface area contributed by atoms with E-state index in [1.165, 1.54) is 0 Å². The summed E-state index contributed by atoms with van der Waals surface area (Å²) in [5.74, 6) is -2.84. The first-order chi connectivity index (χ1) is 9.79. The molecule has 0 saturated carbocycles. The lowest BCUT2D eigenvalue weighted by molar-refractivity contribution is -0.137. The first kappa shape index (κ1) is 14.5. The second kappa shape index (κ2) is 5.23. The lowest BCUT2D eigenvalue weighted by atomic mass is 10.2. The molecule has 1 aromatic heterocycles. The molecule has 0 bridgehead atoms. The van der Waals surface area contributed by atoms with E-state index < -0.39 is 35.1 Å². The van der Waals surface area contributed by atoms with Crippen LogP contribution in [0.5, 0.6) is 5.75 Å². The molecule has 0 unspecified atom stereocenters. The largest absolute Gasteiger partial charge is 0.476 e. The van der Waals surface area contributed by atoms with Gasteiger partial charge in [-0.05, 0) is 24.3 Å². The van der Waals surface area contributed by atoms with E-state index in [1.54, 1.807) is 0 Å². The summed E-state index contributed by atoms with van der Waals surface area (Å²) >= 11 is 0. The van der Waals surface area contributed by atoms with Gasteiger partial charge in [0, 0.05) is 0 Å². The van der Waals surface area contributed by atoms with E-state index in [0.29, 0.717) is 0 Å². The van der Waals surface area contributed by atoms with Crippen molar-refractivity contribution in [3.8, 4) is 5.75 Å². The minimum absolute atomic E-state index is 0.188. The van der Waals surface area contributed by atoms with E-state index in [9.17, 15) is 22.8 Å². The van der Waals surface area contributed by atoms with Crippen LogP contribution in [0.4, 0.5) is 13.2 Å². The molecule has 0 aliphatic carbocycles. The molecule has 10 heteroatoms. The topological polar surface area (TPSA) is 105 Å². The van der Waals surface area contributed by atoms with Crippen LogP contribution in [-0.4, -0.2) is 32.5 Å². The van der Waals surface area contributed by atoms with E-state index in [-0.39, 0.29) is 5.75 Å². The van der Waals surface area contributed by atoms with Crippen molar-refractivity contribution < 1.29 is 32.6 Å². The number of carbonyl (C=O) groups is 2. The Morgan fingerprint density at radius 1 is 1.10 bits per heavy atom. The van der Waals surface area contributed by atoms with Crippen LogP contribution in [-0.2, 0) is 6.18 Å². The molecule has 0 fully saturated rings. The summed E-state index contributed by atoms with van der Waals surface area (Å²) in [6, 6.07) is 3.32. The van der Waals surface area contributed by atoms with Crippen LogP contribution in [0.1, 0.15) is 26.5 Å². The van der Waals surface area contributed by atoms with Crippen molar-refractivity contribution in [3.63, 3.8) is 0 Å². The maximum absolute atomic E-state index is 12.4. The van der Waals surface area contributed by atoms with Gasteiger partial charge in [-0.1, -0.05) is 0 Å². The molecule has 110 valence electrons. The second-order valence-corrected chi connectivity index (χ2v) is 3.74. The number of hydrogen-bond donors (Lipinski definition) is 2. The molecule has 7 nitrogen and oxygen atoms in total. The Kier molecular flexibility index (Phi) is 3.61. The number of aromatic amines is 1. The molecular weight excluding hydrogens is 295 g/mol. The second-order valence-electron chi connectivity index (χ2n) is 3.74. The average Bonchev–Trinajstić information content (AvgIpc) is 2.87. The lowest BCUT2D eigenvalue weighted by Crippen LogP contribution is -2.14. The first-order valence-corrected chi connectivity index (χ1v) is 5.32. The number of aromatic carboxylic acids is 1. The third kappa shape index (κ3) is 3.16. The van der Waals surface area contributed by atoms with Crippen LogP contribution in [0.2, 0.25) is 0 Å². The number of alkyl halides is 3. The minimum atomic E-state index is -4.51. The number of carbonyl (C=O) groups excluding carboxylic acids is 1. The number of rotatable bonds is 3. The Balaban J connectivity index is 2.16. The van der Waals surface area contributed by atoms with Gasteiger partial charge < -0.3 is 9.84 Å². The first-order valence-electron chi connectivity index (χ1n) is 5.32. The van der Waals surface area contributed by atoms with Crippen molar-refractivity contribution in [1.82, 2.24) is 15.4 Å². The van der Waals surface area contributed by atoms with Crippen molar-refractivity contribution in [1.29, 1.82) is 0 Å². The fourth-order valence-corrected chi connectivity index (χ4v) is 1.39. The Morgan fingerprint density at radius 3 is 2.19 bits per heavy atom. The van der Waals surface area contributed by atoms with E-state index >= 15 is 0 Å². The van der Waals surface area contributed by atoms with E-state index in [1.807, 2.05) is 5.21 Å². The summed E-state index contributed by atoms with van der Waals surface area (Å²) in [6.45, 7) is 0. The number of aromatic nitrogens is 3. The third-order valence-electron chi connectivity index (χ3n) is 2.34. The molecule has 0 aliphatic heterocycles. The van der Waals surface area contributed by atoms with E-state index in [0.717, 1.165) is 24.3 Å². The maximum atomic E-state index is 12.4. The highest BCUT2D eigenvalue weighted by Gasteiger charge is 2.30. The van der Waals surface area contributed by atoms with E-state index in [2.05, 4.69) is 10.2 Å². The lowest BCUT2D eigenvalue weighted by Gasteiger charge is -2.07. The van der Waals surface area contributed by atoms with Gasteiger partial charge in [-0.3, -0.25) is 0 Å². The Morgan fingerprint density at radius 2 is 1.67 bits per heavy atom. The van der Waals surface area contributed by atoms with Crippen molar-refractivity contribution in [2.75, 3.05) is 0 Å². The number of halogens is 3. The molecule has 2 N–H and O–H groups in total. The van der Waals surface area contributed by atoms with Gasteiger partial charge in [-0.2, -0.15) is 18.4 Å². The monoisotopic (exact) mass is 301 g/mol. The molecular formula is C11H6F3N3O4. The molecule has 1 aromatic carbocycles. The third-order valence-corrected chi connectivity index (χ3v) is 2.34. The highest BCUT2D eigenvalue weighted by atomic mass is 19.4. The summed E-state index contributed by atoms with van der Waals surface area (Å²) in [6.07, 6.45) is -4.51. The van der Waals surface area contributed by atoms with Crippen LogP contribution in [0.25, 0.3) is 0 Å². The van der Waals surface area contributed by atoms with Gasteiger partial charge >= 0.3 is 18.1 Å². The minimum Gasteiger partial charge on any atom is -0.476 e. The number of carboxylic acid groups (broad SMARTS) is 1. The summed E-state index contributed by atoms with van der Waals surface area (Å²) in [4.78, 5) is 22.4. The van der Waals surface area contributed by atoms with Crippen LogP contribution in [0.15, 0.2) is 24.3 Å². The Bertz CT molecular complexity index is 679. The number of nitrogens with one attached hydrogen (secondary N) is 1. The van der Waals surface area contributed by atoms with Crippen molar-refractivity contribution in [2.24, 2.45) is 0 Å². The smallest absolute Gasteiger partial charge is 0.416 e. The predicted octanol–water partition coefficient (Wildman–Crippen LogP) is 1.74. The van der Waals surface area contributed by atoms with E-state index in [4.69, 9.17) is 9.84 Å². The molecule has 21 heavy (non-hydrogen) atoms. The summed E-state index contributed by atoms with van der Waals surface area (Å²) in [7, 11) is 0. The number of hydrogen-bond acceptors (Lipinski definition) is 5. The van der Waals surface area contributed by atoms with Crippen molar-refractivity contribution >= 4 is 11.9 Å². The van der Waals surface area contributed by atoms with Crippen LogP contribution in [0, 0.1) is 0 Å². The Hall–Kier alpha value is -2.91. The van der Waals surface area contributed by atoms with Crippen LogP contribution in [0.3, 0.4) is 0 Å². The van der Waals surface area contributed by atoms with Gasteiger partial charge in [0.25, 0.3) is 0 Å². The normalized spacial score (nSPS) is 11.2. The number of ether oxygens (including phenoxy) is 1. The number of benzene rings is 1. The van der Waals surface area contributed by atoms with Gasteiger partial charge in [-0.25, -0.2) is 9.59 Å². The SMILES string of the molecule is O=C(O)c1n[nH]nc1C(=O)Oc1ccc(C(F)(F)F)cc1. The molecule has 0 atom stereocenters. The number of carboxylic acids is 1. The van der Waals surface area contributed by atoms with Crippen molar-refractivity contribution in [2.45, 2.75) is 6.18 Å². The summed E-state index contributed by atoms with van der Waals surface area (Å²) < 4.78 is 41.8. The van der Waals surface area contributed by atoms with Crippen LogP contribution < -0.4 is 4.74 Å². The molecule has 0 saturated heterocycles. The fraction of sp³-hybridized carbons (Fsp3) is 0.0909. The Labute approximate surface area is 114 Å². The highest BCUT2D eigenvalue weighted by Crippen LogP contribution is 2.30. The molecule has 0 spiro atoms. The quantitative estimate of drug-likeness (QED) is 0.661. The van der Waals surface area contributed by atoms with Gasteiger partial charge in [0.1, 0.15) is 5.75 Å². The number of nitrogens with zero attached hydrogens (tertiary/aromatic N) is 2. The maximum Gasteiger partial charge on any atom is 0.416 e. The molecule has 0 amide bonds. The number of esters is 1. The molecule has 0 aliphatic rings. The number of H-pyrrole nitrogens is 1. The van der Waals surface area contributed by atoms with Crippen LogP contribution >= 0.6 is 0 Å². The summed E-state index contributed by atoms with van der Waals surface area (Å²) in [5.41, 5.74) is -2.13. The summed E-state index contributed by atoms with van der Waals surface area (Å²) in [5, 5.41) is 17.2. The zero-order valence-corrected chi connectivity index (χ0v) is 10.0. The zero-order valence-electron chi connectivity index (χ0n) is 10.0. The molecule has 1 heterocycles. The van der Waals surface area contributed by atoms with Gasteiger partial charge in [0.15, 0.2) is 0 Å². The average molecular weight is 301 g/mol. The van der Waals surface area contributed by atoms with Gasteiger partial charge in [-0.15, -0.1) is 10.2 Å². The zero-order chi connectivity index (χ0) is 15.6. The van der Waals surface area contributed by atoms with Gasteiger partial charge in [0.2, 0.25) is 11.4 Å². The molecule has 2 aromatic rings. The fourth-order valence-electron chi connectivity index (χ4n) is 1.39. The highest BCUT2D eigenvalue weighted by molar-refractivity contribution is 6.00. The standard InChI is InChI=1S/C11H6F3N3O4/c12-11(13,14)5-1-3-6(4-2-5)21-10(20)8-7(9(18)19)15-17-16-8/h1-4H,(H,18,19)(H,15,16,17). The van der Waals surface area contributed by atoms with Gasteiger partial charge in [0.05, 0.1) is 5.56 Å². The molecule has 0 radical (unpaired) electrons. The molecule has 2 rings (SSSR count). The van der Waals surface area contributed by atoms with Crippen molar-refractivity contribution in [3.05, 3.63) is 41.2 Å².